The molecule has 10 atom stereocenters. The normalized spacial score (nSPS) is 43.0. The van der Waals surface area contributed by atoms with Gasteiger partial charge in [-0.2, -0.15) is 0 Å². The van der Waals surface area contributed by atoms with Crippen LogP contribution in [0.1, 0.15) is 54.7 Å². The van der Waals surface area contributed by atoms with Gasteiger partial charge in [-0.05, 0) is 79.7 Å². The molecular formula is C33H35F2NO6S. The third-order valence-electron chi connectivity index (χ3n) is 11.2. The third kappa shape index (κ3) is 3.76. The van der Waals surface area contributed by atoms with Gasteiger partial charge >= 0.3 is 0 Å². The van der Waals surface area contributed by atoms with Gasteiger partial charge in [0.1, 0.15) is 12.8 Å². The molecule has 2 aromatic rings. The van der Waals surface area contributed by atoms with Crippen LogP contribution in [0.25, 0.3) is 0 Å². The van der Waals surface area contributed by atoms with Crippen molar-refractivity contribution in [2.75, 3.05) is 12.3 Å². The quantitative estimate of drug-likeness (QED) is 0.424. The van der Waals surface area contributed by atoms with Crippen molar-refractivity contribution in [3.05, 3.63) is 75.5 Å². The molecular weight excluding hydrogens is 576 g/mol. The molecule has 228 valence electrons. The van der Waals surface area contributed by atoms with Gasteiger partial charge in [0, 0.05) is 33.7 Å². The lowest BCUT2D eigenvalue weighted by molar-refractivity contribution is -0.234. The predicted octanol–water partition coefficient (Wildman–Crippen LogP) is 4.56. The standard InChI is InChI=1S/C33H35F2NO6S/c1-30-9-8-19(38)12-23(30)24(34)13-22-21-14-28-33(27(40)16-37,31(21,2)15-26(39)32(22,30)35)42-29(41-28)25-7-6-20(43-25)11-17-4-3-5-18(36)10-17/h3-10,12,21-22,24,26,28-29,37,39H,11,13-16,36H2,1-2H3/t21-,22-,24-,26-,28+,29-,30-,31-,32-,33+/m0/s1. The fraction of sp³-hybridized carbons (Fsp3) is 0.515. The van der Waals surface area contributed by atoms with Crippen molar-refractivity contribution in [2.24, 2.45) is 22.7 Å². The van der Waals surface area contributed by atoms with E-state index < -0.39 is 76.8 Å². The zero-order valence-electron chi connectivity index (χ0n) is 24.0. The molecule has 1 aromatic heterocycles. The number of hydrogen-bond acceptors (Lipinski definition) is 8. The number of hydrogen-bond donors (Lipinski definition) is 3. The Hall–Kier alpha value is -2.76. The Kier molecular flexibility index (Phi) is 6.48. The summed E-state index contributed by atoms with van der Waals surface area (Å²) in [4.78, 5) is 27.6. The first kappa shape index (κ1) is 29.0. The van der Waals surface area contributed by atoms with E-state index in [0.717, 1.165) is 21.4 Å². The van der Waals surface area contributed by atoms with E-state index in [2.05, 4.69) is 0 Å². The minimum Gasteiger partial charge on any atom is -0.399 e. The Morgan fingerprint density at radius 2 is 1.98 bits per heavy atom. The number of alkyl halides is 2. The lowest BCUT2D eigenvalue weighted by Crippen LogP contribution is -2.70. The number of fused-ring (bicyclic) bond motifs is 7. The summed E-state index contributed by atoms with van der Waals surface area (Å²) in [6.07, 6.45) is -0.669. The molecule has 1 saturated heterocycles. The molecule has 43 heavy (non-hydrogen) atoms. The maximum absolute atomic E-state index is 17.5. The maximum atomic E-state index is 17.5. The van der Waals surface area contributed by atoms with Gasteiger partial charge in [0.25, 0.3) is 0 Å². The topological polar surface area (TPSA) is 119 Å². The summed E-state index contributed by atoms with van der Waals surface area (Å²) in [5, 5.41) is 21.8. The highest BCUT2D eigenvalue weighted by Gasteiger charge is 2.80. The molecule has 3 saturated carbocycles. The summed E-state index contributed by atoms with van der Waals surface area (Å²) in [6, 6.07) is 11.5. The molecule has 0 amide bonds. The molecule has 1 aromatic carbocycles. The van der Waals surface area contributed by atoms with Gasteiger partial charge in [-0.25, -0.2) is 8.78 Å². The Morgan fingerprint density at radius 3 is 2.72 bits per heavy atom. The van der Waals surface area contributed by atoms with Crippen molar-refractivity contribution in [1.82, 2.24) is 0 Å². The number of nitrogen functional groups attached to an aromatic ring is 1. The van der Waals surface area contributed by atoms with Crippen LogP contribution in [0.4, 0.5) is 14.5 Å². The number of ketones is 2. The SMILES string of the molecule is C[C@]12C=CC(=O)C=C1[C@@H](F)C[C@H]1[C@@H]3C[C@H]4O[C@H](c5ccc(Cc6cccc(N)c6)s5)O[C@@]4(C(=O)CO)[C@@]3(C)C[C@H](O)[C@@]12F. The second kappa shape index (κ2) is 9.62. The molecule has 4 N–H and O–H groups in total. The minimum absolute atomic E-state index is 0.0417. The number of benzene rings is 1. The highest BCUT2D eigenvalue weighted by molar-refractivity contribution is 7.12. The largest absolute Gasteiger partial charge is 0.399 e. The van der Waals surface area contributed by atoms with E-state index in [1.165, 1.54) is 30.4 Å². The molecule has 1 aliphatic heterocycles. The summed E-state index contributed by atoms with van der Waals surface area (Å²) in [6.45, 7) is 2.50. The van der Waals surface area contributed by atoms with E-state index in [4.69, 9.17) is 15.2 Å². The molecule has 7 rings (SSSR count). The molecule has 0 unspecified atom stereocenters. The monoisotopic (exact) mass is 611 g/mol. The van der Waals surface area contributed by atoms with Gasteiger partial charge in [-0.15, -0.1) is 11.3 Å². The second-order valence-corrected chi connectivity index (χ2v) is 14.4. The highest BCUT2D eigenvalue weighted by Crippen LogP contribution is 2.72. The van der Waals surface area contributed by atoms with E-state index in [9.17, 15) is 19.8 Å². The fourth-order valence-corrected chi connectivity index (χ4v) is 10.2. The number of aliphatic hydroxyl groups is 2. The zero-order valence-corrected chi connectivity index (χ0v) is 24.8. The number of aliphatic hydroxyl groups excluding tert-OH is 2. The van der Waals surface area contributed by atoms with E-state index >= 15 is 8.78 Å². The number of carbonyl (C=O) groups excluding carboxylic acids is 2. The van der Waals surface area contributed by atoms with Crippen LogP contribution in [-0.4, -0.2) is 58.0 Å². The first-order chi connectivity index (χ1) is 20.4. The van der Waals surface area contributed by atoms with Crippen molar-refractivity contribution in [1.29, 1.82) is 0 Å². The lowest BCUT2D eigenvalue weighted by Gasteiger charge is -2.63. The van der Waals surface area contributed by atoms with Gasteiger partial charge in [-0.1, -0.05) is 25.1 Å². The number of ether oxygens (including phenoxy) is 2. The number of anilines is 1. The van der Waals surface area contributed by atoms with Crippen LogP contribution in [0.5, 0.6) is 0 Å². The molecule has 2 heterocycles. The van der Waals surface area contributed by atoms with Gasteiger partial charge in [0.15, 0.2) is 29.1 Å². The summed E-state index contributed by atoms with van der Waals surface area (Å²) in [7, 11) is 0. The summed E-state index contributed by atoms with van der Waals surface area (Å²) in [5.74, 6) is -2.58. The van der Waals surface area contributed by atoms with Crippen LogP contribution >= 0.6 is 11.3 Å². The average molecular weight is 612 g/mol. The molecule has 4 fully saturated rings. The number of thiophene rings is 1. The number of carbonyl (C=O) groups is 2. The van der Waals surface area contributed by atoms with Crippen molar-refractivity contribution in [3.63, 3.8) is 0 Å². The van der Waals surface area contributed by atoms with E-state index in [0.29, 0.717) is 12.1 Å². The molecule has 4 aliphatic carbocycles. The van der Waals surface area contributed by atoms with Crippen molar-refractivity contribution < 1.29 is 38.1 Å². The van der Waals surface area contributed by atoms with E-state index in [1.54, 1.807) is 6.92 Å². The van der Waals surface area contributed by atoms with Crippen LogP contribution in [0.3, 0.4) is 0 Å². The molecule has 7 nitrogen and oxygen atoms in total. The van der Waals surface area contributed by atoms with Crippen molar-refractivity contribution >= 4 is 28.6 Å². The van der Waals surface area contributed by atoms with Crippen molar-refractivity contribution in [3.8, 4) is 0 Å². The van der Waals surface area contributed by atoms with E-state index in [1.807, 2.05) is 36.4 Å². The maximum Gasteiger partial charge on any atom is 0.194 e. The Balaban J connectivity index is 1.23. The molecule has 0 spiro atoms. The first-order valence-corrected chi connectivity index (χ1v) is 15.6. The molecule has 10 heteroatoms. The fourth-order valence-electron chi connectivity index (χ4n) is 9.21. The molecule has 5 aliphatic rings. The Labute approximate surface area is 252 Å². The smallest absolute Gasteiger partial charge is 0.194 e. The van der Waals surface area contributed by atoms with Crippen LogP contribution < -0.4 is 5.73 Å². The summed E-state index contributed by atoms with van der Waals surface area (Å²) in [5.41, 5.74) is 1.08. The van der Waals surface area contributed by atoms with Crippen molar-refractivity contribution in [2.45, 2.75) is 75.5 Å². The average Bonchev–Trinajstić information content (AvgIpc) is 3.64. The molecule has 0 radical (unpaired) electrons. The number of rotatable bonds is 5. The number of Topliss-reactive ketones (excluding diaryl/α,β-unsaturated/α-hetero) is 1. The first-order valence-electron chi connectivity index (χ1n) is 14.7. The van der Waals surface area contributed by atoms with Crippen LogP contribution in [0.15, 0.2) is 60.2 Å². The van der Waals surface area contributed by atoms with E-state index in [-0.39, 0.29) is 24.8 Å². The zero-order chi connectivity index (χ0) is 30.5. The summed E-state index contributed by atoms with van der Waals surface area (Å²) >= 11 is 1.48. The van der Waals surface area contributed by atoms with Gasteiger partial charge in [-0.3, -0.25) is 9.59 Å². The Morgan fingerprint density at radius 1 is 1.19 bits per heavy atom. The Bertz CT molecular complexity index is 1570. The van der Waals surface area contributed by atoms with Crippen LogP contribution in [-0.2, 0) is 25.5 Å². The predicted molar refractivity (Wildman–Crippen MR) is 156 cm³/mol. The van der Waals surface area contributed by atoms with Gasteiger partial charge in [0.2, 0.25) is 0 Å². The third-order valence-corrected chi connectivity index (χ3v) is 12.3. The number of halogens is 2. The number of allylic oxidation sites excluding steroid dienone is 4. The van der Waals surface area contributed by atoms with Gasteiger partial charge in [0.05, 0.1) is 17.1 Å². The van der Waals surface area contributed by atoms with Crippen LogP contribution in [0, 0.1) is 22.7 Å². The lowest BCUT2D eigenvalue weighted by atomic mass is 9.44. The summed E-state index contributed by atoms with van der Waals surface area (Å²) < 4.78 is 46.3. The second-order valence-electron chi connectivity index (χ2n) is 13.2. The van der Waals surface area contributed by atoms with Gasteiger partial charge < -0.3 is 25.4 Å². The minimum atomic E-state index is -2.28. The molecule has 0 bridgehead atoms. The number of nitrogens with two attached hydrogens (primary N) is 1. The van der Waals surface area contributed by atoms with Crippen LogP contribution in [0.2, 0.25) is 0 Å². The highest BCUT2D eigenvalue weighted by atomic mass is 32.1.